The SMILES string of the molecule is CCn1cc(C(=O)O)c(=O)c2cc(F)c(N3CCN(CC(O)Cn4cncc4[N+](=O)[O-])CC3)cc21. The minimum Gasteiger partial charge on any atom is -0.477 e. The molecule has 1 atom stereocenters. The molecule has 1 aliphatic rings. The van der Waals surface area contributed by atoms with Crippen LogP contribution in [-0.4, -0.2) is 79.0 Å². The van der Waals surface area contributed by atoms with Gasteiger partial charge in [-0.1, -0.05) is 0 Å². The summed E-state index contributed by atoms with van der Waals surface area (Å²) >= 11 is 0. The summed E-state index contributed by atoms with van der Waals surface area (Å²) < 4.78 is 17.9. The molecule has 0 spiro atoms. The maximum Gasteiger partial charge on any atom is 0.342 e. The number of rotatable bonds is 8. The Morgan fingerprint density at radius 1 is 1.23 bits per heavy atom. The van der Waals surface area contributed by atoms with Gasteiger partial charge in [-0.05, 0) is 24.0 Å². The second-order valence-electron chi connectivity index (χ2n) is 8.39. The van der Waals surface area contributed by atoms with Crippen molar-refractivity contribution in [1.82, 2.24) is 19.0 Å². The Labute approximate surface area is 198 Å². The second kappa shape index (κ2) is 9.80. The highest BCUT2D eigenvalue weighted by atomic mass is 19.1. The van der Waals surface area contributed by atoms with Crippen LogP contribution in [0.15, 0.2) is 35.6 Å². The number of halogens is 1. The van der Waals surface area contributed by atoms with Crippen molar-refractivity contribution in [2.24, 2.45) is 0 Å². The molecule has 0 aliphatic carbocycles. The molecule has 4 rings (SSSR count). The fourth-order valence-corrected chi connectivity index (χ4v) is 4.42. The van der Waals surface area contributed by atoms with Crippen molar-refractivity contribution in [3.8, 4) is 0 Å². The molecular weight excluding hydrogens is 463 g/mol. The van der Waals surface area contributed by atoms with E-state index in [1.165, 1.54) is 17.1 Å². The van der Waals surface area contributed by atoms with Gasteiger partial charge in [0, 0.05) is 50.9 Å². The summed E-state index contributed by atoms with van der Waals surface area (Å²) in [5.41, 5.74) is -0.352. The van der Waals surface area contributed by atoms with Crippen molar-refractivity contribution < 1.29 is 24.3 Å². The lowest BCUT2D eigenvalue weighted by atomic mass is 10.1. The van der Waals surface area contributed by atoms with Crippen LogP contribution >= 0.6 is 0 Å². The van der Waals surface area contributed by atoms with Crippen LogP contribution in [0.25, 0.3) is 10.9 Å². The predicted molar refractivity (Wildman–Crippen MR) is 124 cm³/mol. The van der Waals surface area contributed by atoms with E-state index in [1.807, 2.05) is 9.80 Å². The Hall–Kier alpha value is -3.84. The highest BCUT2D eigenvalue weighted by Gasteiger charge is 2.25. The van der Waals surface area contributed by atoms with Gasteiger partial charge in [-0.2, -0.15) is 0 Å². The van der Waals surface area contributed by atoms with E-state index < -0.39 is 33.8 Å². The molecule has 35 heavy (non-hydrogen) atoms. The third-order valence-electron chi connectivity index (χ3n) is 6.19. The maximum atomic E-state index is 15.0. The fraction of sp³-hybridized carbons (Fsp3) is 0.409. The minimum atomic E-state index is -1.36. The van der Waals surface area contributed by atoms with Crippen LogP contribution in [0.4, 0.5) is 15.9 Å². The number of carbonyl (C=O) groups is 1. The molecule has 1 saturated heterocycles. The topological polar surface area (TPSA) is 147 Å². The van der Waals surface area contributed by atoms with Crippen molar-refractivity contribution in [1.29, 1.82) is 0 Å². The number of fused-ring (bicyclic) bond motifs is 1. The van der Waals surface area contributed by atoms with E-state index in [1.54, 1.807) is 17.6 Å². The lowest BCUT2D eigenvalue weighted by Crippen LogP contribution is -2.49. The number of hydrogen-bond donors (Lipinski definition) is 2. The van der Waals surface area contributed by atoms with Gasteiger partial charge in [-0.15, -0.1) is 0 Å². The van der Waals surface area contributed by atoms with E-state index in [0.29, 0.717) is 43.9 Å². The lowest BCUT2D eigenvalue weighted by molar-refractivity contribution is -0.392. The molecular formula is C22H25FN6O6. The number of nitro groups is 1. The molecule has 1 unspecified atom stereocenters. The van der Waals surface area contributed by atoms with Gasteiger partial charge in [0.1, 0.15) is 30.2 Å². The number of hydrogen-bond acceptors (Lipinski definition) is 8. The summed E-state index contributed by atoms with van der Waals surface area (Å²) in [6, 6.07) is 2.67. The van der Waals surface area contributed by atoms with Crippen molar-refractivity contribution in [3.63, 3.8) is 0 Å². The monoisotopic (exact) mass is 488 g/mol. The fourth-order valence-electron chi connectivity index (χ4n) is 4.42. The molecule has 186 valence electrons. The second-order valence-corrected chi connectivity index (χ2v) is 8.39. The number of aryl methyl sites for hydroxylation is 1. The molecule has 12 nitrogen and oxygen atoms in total. The first-order valence-corrected chi connectivity index (χ1v) is 11.1. The number of aliphatic hydroxyl groups is 1. The molecule has 3 aromatic rings. The van der Waals surface area contributed by atoms with Crippen LogP contribution in [0.1, 0.15) is 17.3 Å². The normalized spacial score (nSPS) is 15.5. The Bertz CT molecular complexity index is 1330. The van der Waals surface area contributed by atoms with E-state index in [2.05, 4.69) is 4.98 Å². The highest BCUT2D eigenvalue weighted by Crippen LogP contribution is 2.26. The number of carboxylic acid groups (broad SMARTS) is 1. The molecule has 1 aromatic carbocycles. The summed E-state index contributed by atoms with van der Waals surface area (Å²) in [7, 11) is 0. The molecule has 13 heteroatoms. The highest BCUT2D eigenvalue weighted by molar-refractivity contribution is 5.93. The van der Waals surface area contributed by atoms with Crippen LogP contribution in [0.3, 0.4) is 0 Å². The van der Waals surface area contributed by atoms with E-state index >= 15 is 4.39 Å². The quantitative estimate of drug-likeness (QED) is 0.352. The van der Waals surface area contributed by atoms with E-state index in [4.69, 9.17) is 0 Å². The number of piperazine rings is 1. The van der Waals surface area contributed by atoms with E-state index in [0.717, 1.165) is 12.3 Å². The van der Waals surface area contributed by atoms with Crippen molar-refractivity contribution in [2.75, 3.05) is 37.6 Å². The molecule has 0 bridgehead atoms. The minimum absolute atomic E-state index is 0.0170. The summed E-state index contributed by atoms with van der Waals surface area (Å²) in [5.74, 6) is -2.16. The summed E-state index contributed by atoms with van der Waals surface area (Å²) in [4.78, 5) is 42.0. The number of imidazole rings is 1. The molecule has 0 saturated carbocycles. The largest absolute Gasteiger partial charge is 0.477 e. The first kappa shape index (κ1) is 24.3. The number of nitrogens with zero attached hydrogens (tertiary/aromatic N) is 6. The number of benzene rings is 1. The Morgan fingerprint density at radius 3 is 2.57 bits per heavy atom. The first-order chi connectivity index (χ1) is 16.7. The van der Waals surface area contributed by atoms with Gasteiger partial charge < -0.3 is 29.8 Å². The smallest absolute Gasteiger partial charge is 0.342 e. The third-order valence-corrected chi connectivity index (χ3v) is 6.19. The van der Waals surface area contributed by atoms with Crippen LogP contribution < -0.4 is 10.3 Å². The van der Waals surface area contributed by atoms with Crippen LogP contribution in [0.5, 0.6) is 0 Å². The van der Waals surface area contributed by atoms with Crippen LogP contribution in [0, 0.1) is 15.9 Å². The van der Waals surface area contributed by atoms with Gasteiger partial charge in [-0.3, -0.25) is 9.69 Å². The number of aliphatic hydroxyl groups excluding tert-OH is 1. The number of β-amino-alcohol motifs (C(OH)–C–C–N with tert-alkyl or cyclic N) is 1. The Kier molecular flexibility index (Phi) is 6.80. The maximum absolute atomic E-state index is 15.0. The molecule has 0 amide bonds. The van der Waals surface area contributed by atoms with Gasteiger partial charge >= 0.3 is 11.8 Å². The Balaban J connectivity index is 1.47. The molecule has 1 aliphatic heterocycles. The zero-order chi connectivity index (χ0) is 25.3. The zero-order valence-electron chi connectivity index (χ0n) is 19.0. The van der Waals surface area contributed by atoms with Crippen molar-refractivity contribution >= 4 is 28.4 Å². The van der Waals surface area contributed by atoms with Gasteiger partial charge in [0.2, 0.25) is 5.43 Å². The van der Waals surface area contributed by atoms with Crippen LogP contribution in [0.2, 0.25) is 0 Å². The predicted octanol–water partition coefficient (Wildman–Crippen LogP) is 1.15. The number of aromatic nitrogens is 3. The zero-order valence-corrected chi connectivity index (χ0v) is 19.0. The molecule has 2 N–H and O–H groups in total. The van der Waals surface area contributed by atoms with E-state index in [9.17, 15) is 29.9 Å². The first-order valence-electron chi connectivity index (χ1n) is 11.1. The number of aromatic carboxylic acids is 1. The summed E-state index contributed by atoms with van der Waals surface area (Å²) in [6.07, 6.45) is 2.86. The van der Waals surface area contributed by atoms with Crippen molar-refractivity contribution in [3.05, 3.63) is 62.6 Å². The van der Waals surface area contributed by atoms with Crippen LogP contribution in [-0.2, 0) is 13.1 Å². The number of anilines is 1. The van der Waals surface area contributed by atoms with Gasteiger partial charge in [0.25, 0.3) is 0 Å². The Morgan fingerprint density at radius 2 is 1.94 bits per heavy atom. The van der Waals surface area contributed by atoms with Gasteiger partial charge in [0.15, 0.2) is 6.33 Å². The summed E-state index contributed by atoms with van der Waals surface area (Å²) in [6.45, 7) is 4.51. The van der Waals surface area contributed by atoms with Gasteiger partial charge in [-0.25, -0.2) is 18.7 Å². The molecule has 3 heterocycles. The van der Waals surface area contributed by atoms with Crippen molar-refractivity contribution in [2.45, 2.75) is 26.1 Å². The molecule has 1 fully saturated rings. The van der Waals surface area contributed by atoms with E-state index in [-0.39, 0.29) is 24.3 Å². The standard InChI is InChI=1S/C22H25FN6O6/c1-2-26-12-16(22(32)33)21(31)15-7-17(23)19(8-18(15)26)27-5-3-25(4-6-27)10-14(30)11-28-13-24-9-20(28)29(34)35/h7-9,12-14,30H,2-6,10-11H2,1H3,(H,32,33). The lowest BCUT2D eigenvalue weighted by Gasteiger charge is -2.37. The number of pyridine rings is 1. The average molecular weight is 488 g/mol. The average Bonchev–Trinajstić information content (AvgIpc) is 3.28. The molecule has 2 aromatic heterocycles. The molecule has 0 radical (unpaired) electrons. The third kappa shape index (κ3) is 4.86. The number of carboxylic acids is 1. The summed E-state index contributed by atoms with van der Waals surface area (Å²) in [5, 5.41) is 30.7. The van der Waals surface area contributed by atoms with Gasteiger partial charge in [0.05, 0.1) is 11.2 Å².